The summed E-state index contributed by atoms with van der Waals surface area (Å²) < 4.78 is 15.9. The van der Waals surface area contributed by atoms with Crippen molar-refractivity contribution in [3.05, 3.63) is 30.1 Å². The van der Waals surface area contributed by atoms with E-state index in [2.05, 4.69) is 15.5 Å². The van der Waals surface area contributed by atoms with Gasteiger partial charge in [0.2, 0.25) is 5.91 Å². The number of hydrogen-bond donors (Lipinski definition) is 1. The Morgan fingerprint density at radius 2 is 2.04 bits per heavy atom. The van der Waals surface area contributed by atoms with Crippen LogP contribution in [0, 0.1) is 5.82 Å². The van der Waals surface area contributed by atoms with E-state index >= 15 is 0 Å². The monoisotopic (exact) mass is 362 g/mol. The molecule has 1 N–H and O–H groups in total. The van der Waals surface area contributed by atoms with Gasteiger partial charge in [0.1, 0.15) is 5.82 Å². The van der Waals surface area contributed by atoms with Crippen LogP contribution in [-0.2, 0) is 11.3 Å². The van der Waals surface area contributed by atoms with Crippen LogP contribution >= 0.6 is 11.8 Å². The van der Waals surface area contributed by atoms with Gasteiger partial charge in [-0.05, 0) is 31.9 Å². The zero-order chi connectivity index (χ0) is 17.6. The van der Waals surface area contributed by atoms with E-state index in [-0.39, 0.29) is 11.7 Å². The molecule has 25 heavy (non-hydrogen) atoms. The first-order valence-corrected chi connectivity index (χ1v) is 9.78. The van der Waals surface area contributed by atoms with E-state index in [0.29, 0.717) is 34.9 Å². The highest BCUT2D eigenvalue weighted by atomic mass is 32.2. The molecule has 1 saturated carbocycles. The second-order valence-electron chi connectivity index (χ2n) is 6.22. The number of benzene rings is 1. The number of thioether (sulfide) groups is 1. The number of halogens is 1. The van der Waals surface area contributed by atoms with Gasteiger partial charge in [0, 0.05) is 12.6 Å². The van der Waals surface area contributed by atoms with Crippen LogP contribution in [0.1, 0.15) is 39.0 Å². The van der Waals surface area contributed by atoms with Crippen molar-refractivity contribution in [2.75, 3.05) is 5.75 Å². The molecule has 0 saturated heterocycles. The average molecular weight is 362 g/mol. The van der Waals surface area contributed by atoms with E-state index in [1.54, 1.807) is 18.2 Å². The highest BCUT2D eigenvalue weighted by Crippen LogP contribution is 2.26. The summed E-state index contributed by atoms with van der Waals surface area (Å²) in [6.07, 6.45) is 5.78. The third-order valence-corrected chi connectivity index (χ3v) is 5.42. The van der Waals surface area contributed by atoms with Crippen molar-refractivity contribution < 1.29 is 9.18 Å². The maximum absolute atomic E-state index is 14.0. The minimum absolute atomic E-state index is 0.0231. The van der Waals surface area contributed by atoms with E-state index < -0.39 is 0 Å². The van der Waals surface area contributed by atoms with Crippen LogP contribution in [0.4, 0.5) is 4.39 Å². The Kier molecular flexibility index (Phi) is 6.07. The summed E-state index contributed by atoms with van der Waals surface area (Å²) in [5, 5.41) is 12.0. The van der Waals surface area contributed by atoms with Crippen LogP contribution in [0.3, 0.4) is 0 Å². The molecule has 134 valence electrons. The fourth-order valence-electron chi connectivity index (χ4n) is 3.17. The third kappa shape index (κ3) is 4.39. The molecule has 1 aromatic heterocycles. The summed E-state index contributed by atoms with van der Waals surface area (Å²) >= 11 is 1.34. The molecule has 1 fully saturated rings. The molecule has 1 heterocycles. The molecule has 1 aliphatic carbocycles. The van der Waals surface area contributed by atoms with Crippen molar-refractivity contribution in [2.45, 2.75) is 56.8 Å². The molecular weight excluding hydrogens is 339 g/mol. The van der Waals surface area contributed by atoms with Crippen LogP contribution < -0.4 is 5.32 Å². The van der Waals surface area contributed by atoms with Gasteiger partial charge in [0.05, 0.1) is 11.3 Å². The molecule has 0 unspecified atom stereocenters. The van der Waals surface area contributed by atoms with Gasteiger partial charge < -0.3 is 9.88 Å². The molecule has 0 aliphatic heterocycles. The lowest BCUT2D eigenvalue weighted by atomic mass is 9.95. The second-order valence-corrected chi connectivity index (χ2v) is 7.16. The molecule has 1 aromatic carbocycles. The van der Waals surface area contributed by atoms with Gasteiger partial charge in [-0.15, -0.1) is 10.2 Å². The van der Waals surface area contributed by atoms with Crippen LogP contribution in [0.25, 0.3) is 11.4 Å². The summed E-state index contributed by atoms with van der Waals surface area (Å²) in [7, 11) is 0. The van der Waals surface area contributed by atoms with E-state index in [0.717, 1.165) is 12.8 Å². The maximum Gasteiger partial charge on any atom is 0.230 e. The molecule has 7 heteroatoms. The van der Waals surface area contributed by atoms with E-state index in [4.69, 9.17) is 0 Å². The predicted molar refractivity (Wildman–Crippen MR) is 96.8 cm³/mol. The van der Waals surface area contributed by atoms with Crippen molar-refractivity contribution in [3.8, 4) is 11.4 Å². The molecule has 1 amide bonds. The SMILES string of the molecule is CCn1c(SCC(=O)NC2CCCCC2)nnc1-c1ccccc1F. The molecule has 0 spiro atoms. The normalized spacial score (nSPS) is 15.3. The highest BCUT2D eigenvalue weighted by molar-refractivity contribution is 7.99. The van der Waals surface area contributed by atoms with Crippen LogP contribution in [0.15, 0.2) is 29.4 Å². The summed E-state index contributed by atoms with van der Waals surface area (Å²) in [4.78, 5) is 12.2. The van der Waals surface area contributed by atoms with E-state index in [1.807, 2.05) is 11.5 Å². The van der Waals surface area contributed by atoms with Gasteiger partial charge in [-0.25, -0.2) is 4.39 Å². The Labute approximate surface area is 151 Å². The topological polar surface area (TPSA) is 59.8 Å². The quantitative estimate of drug-likeness (QED) is 0.797. The van der Waals surface area contributed by atoms with Crippen molar-refractivity contribution >= 4 is 17.7 Å². The number of carbonyl (C=O) groups is 1. The molecule has 5 nitrogen and oxygen atoms in total. The Morgan fingerprint density at radius 1 is 1.28 bits per heavy atom. The van der Waals surface area contributed by atoms with Gasteiger partial charge in [-0.1, -0.05) is 43.2 Å². The van der Waals surface area contributed by atoms with Crippen molar-refractivity contribution in [3.63, 3.8) is 0 Å². The minimum atomic E-state index is -0.323. The van der Waals surface area contributed by atoms with Crippen molar-refractivity contribution in [1.29, 1.82) is 0 Å². The van der Waals surface area contributed by atoms with E-state index in [1.165, 1.54) is 37.1 Å². The molecule has 0 atom stereocenters. The van der Waals surface area contributed by atoms with Gasteiger partial charge in [0.15, 0.2) is 11.0 Å². The first-order chi connectivity index (χ1) is 12.2. The molecule has 2 aromatic rings. The van der Waals surface area contributed by atoms with Crippen molar-refractivity contribution in [2.24, 2.45) is 0 Å². The number of hydrogen-bond acceptors (Lipinski definition) is 4. The Morgan fingerprint density at radius 3 is 2.76 bits per heavy atom. The summed E-state index contributed by atoms with van der Waals surface area (Å²) in [5.74, 6) is 0.494. The zero-order valence-electron chi connectivity index (χ0n) is 14.4. The second kappa shape index (κ2) is 8.47. The molecular formula is C18H23FN4OS. The Balaban J connectivity index is 1.65. The van der Waals surface area contributed by atoms with Crippen LogP contribution in [0.5, 0.6) is 0 Å². The van der Waals surface area contributed by atoms with Crippen LogP contribution in [0.2, 0.25) is 0 Å². The van der Waals surface area contributed by atoms with Crippen LogP contribution in [-0.4, -0.2) is 32.5 Å². The number of amides is 1. The highest BCUT2D eigenvalue weighted by Gasteiger charge is 2.19. The first kappa shape index (κ1) is 17.9. The molecule has 1 aliphatic rings. The standard InChI is InChI=1S/C18H23FN4OS/c1-2-23-17(14-10-6-7-11-15(14)19)21-22-18(23)25-12-16(24)20-13-8-4-3-5-9-13/h6-7,10-11,13H,2-5,8-9,12H2,1H3,(H,20,24). The Hall–Kier alpha value is -1.89. The lowest BCUT2D eigenvalue weighted by Gasteiger charge is -2.22. The third-order valence-electron chi connectivity index (χ3n) is 4.45. The first-order valence-electron chi connectivity index (χ1n) is 8.79. The van der Waals surface area contributed by atoms with Crippen molar-refractivity contribution in [1.82, 2.24) is 20.1 Å². The summed E-state index contributed by atoms with van der Waals surface area (Å²) in [6.45, 7) is 2.57. The molecule has 3 rings (SSSR count). The molecule has 0 bridgehead atoms. The minimum Gasteiger partial charge on any atom is -0.353 e. The van der Waals surface area contributed by atoms with E-state index in [9.17, 15) is 9.18 Å². The van der Waals surface area contributed by atoms with Gasteiger partial charge in [-0.2, -0.15) is 0 Å². The lowest BCUT2D eigenvalue weighted by Crippen LogP contribution is -2.37. The number of carbonyl (C=O) groups excluding carboxylic acids is 1. The predicted octanol–water partition coefficient (Wildman–Crippen LogP) is 3.65. The maximum atomic E-state index is 14.0. The fourth-order valence-corrected chi connectivity index (χ4v) is 3.98. The summed E-state index contributed by atoms with van der Waals surface area (Å²) in [6, 6.07) is 6.83. The summed E-state index contributed by atoms with van der Waals surface area (Å²) in [5.41, 5.74) is 0.426. The smallest absolute Gasteiger partial charge is 0.230 e. The average Bonchev–Trinajstić information content (AvgIpc) is 3.04. The van der Waals surface area contributed by atoms with Gasteiger partial charge in [-0.3, -0.25) is 4.79 Å². The number of aromatic nitrogens is 3. The lowest BCUT2D eigenvalue weighted by molar-refractivity contribution is -0.119. The number of nitrogens with zero attached hydrogens (tertiary/aromatic N) is 3. The largest absolute Gasteiger partial charge is 0.353 e. The number of rotatable bonds is 6. The van der Waals surface area contributed by atoms with Gasteiger partial charge >= 0.3 is 0 Å². The molecule has 0 radical (unpaired) electrons. The van der Waals surface area contributed by atoms with Gasteiger partial charge in [0.25, 0.3) is 0 Å². The number of nitrogens with one attached hydrogen (secondary N) is 1. The zero-order valence-corrected chi connectivity index (χ0v) is 15.2. The Bertz CT molecular complexity index is 728. The fraction of sp³-hybridized carbons (Fsp3) is 0.500.